The molecule has 4 heteroatoms. The number of hydrogen-bond acceptors (Lipinski definition) is 3. The zero-order chi connectivity index (χ0) is 12.0. The molecule has 3 saturated heterocycles. The van der Waals surface area contributed by atoms with Gasteiger partial charge in [0.1, 0.15) is 0 Å². The van der Waals surface area contributed by atoms with Crippen molar-refractivity contribution in [1.29, 1.82) is 0 Å². The summed E-state index contributed by atoms with van der Waals surface area (Å²) >= 11 is 0. The first-order chi connectivity index (χ1) is 7.44. The Kier molecular flexibility index (Phi) is 2.75. The van der Waals surface area contributed by atoms with E-state index in [-0.39, 0.29) is 5.92 Å². The molecule has 2 bridgehead atoms. The van der Waals surface area contributed by atoms with Crippen LogP contribution in [0, 0.1) is 11.3 Å². The zero-order valence-electron chi connectivity index (χ0n) is 10.1. The average Bonchev–Trinajstić information content (AvgIpc) is 2.28. The number of aliphatic carboxylic acids is 1. The molecular weight excluding hydrogens is 206 g/mol. The Hall–Kier alpha value is -0.610. The maximum atomic E-state index is 11.5. The van der Waals surface area contributed by atoms with Crippen LogP contribution in [0.25, 0.3) is 0 Å². The van der Waals surface area contributed by atoms with E-state index in [2.05, 4.69) is 4.90 Å². The molecule has 3 heterocycles. The molecule has 0 aromatic rings. The van der Waals surface area contributed by atoms with Crippen molar-refractivity contribution in [2.75, 3.05) is 19.6 Å². The highest BCUT2D eigenvalue weighted by Crippen LogP contribution is 2.48. The van der Waals surface area contributed by atoms with E-state index in [0.717, 1.165) is 25.9 Å². The molecular formula is C12H21NO3. The van der Waals surface area contributed by atoms with Gasteiger partial charge < -0.3 is 15.1 Å². The minimum absolute atomic E-state index is 0.151. The molecule has 3 aliphatic heterocycles. The van der Waals surface area contributed by atoms with Gasteiger partial charge in [0, 0.05) is 6.54 Å². The van der Waals surface area contributed by atoms with E-state index >= 15 is 0 Å². The number of rotatable bonds is 3. The van der Waals surface area contributed by atoms with Crippen molar-refractivity contribution in [3.05, 3.63) is 0 Å². The summed E-state index contributed by atoms with van der Waals surface area (Å²) in [6, 6.07) is 0. The third kappa shape index (κ3) is 1.39. The van der Waals surface area contributed by atoms with Gasteiger partial charge >= 0.3 is 5.97 Å². The van der Waals surface area contributed by atoms with Crippen molar-refractivity contribution in [1.82, 2.24) is 4.90 Å². The molecule has 0 spiro atoms. The lowest BCUT2D eigenvalue weighted by Gasteiger charge is -2.56. The number of carboxylic acid groups (broad SMARTS) is 1. The summed E-state index contributed by atoms with van der Waals surface area (Å²) in [5, 5.41) is 20.2. The fourth-order valence-corrected chi connectivity index (χ4v) is 3.31. The molecule has 2 N–H and O–H groups in total. The largest absolute Gasteiger partial charge is 0.481 e. The van der Waals surface area contributed by atoms with Crippen LogP contribution in [0.1, 0.15) is 33.1 Å². The summed E-state index contributed by atoms with van der Waals surface area (Å²) in [4.78, 5) is 13.6. The summed E-state index contributed by atoms with van der Waals surface area (Å²) in [6.07, 6.45) is 2.34. The van der Waals surface area contributed by atoms with E-state index in [9.17, 15) is 15.0 Å². The number of carboxylic acids is 1. The van der Waals surface area contributed by atoms with Gasteiger partial charge in [-0.15, -0.1) is 0 Å². The number of hydrogen-bond donors (Lipinski definition) is 2. The molecule has 3 rings (SSSR count). The van der Waals surface area contributed by atoms with E-state index in [0.29, 0.717) is 13.0 Å². The molecule has 0 saturated carbocycles. The number of piperidine rings is 3. The van der Waals surface area contributed by atoms with Gasteiger partial charge in [-0.3, -0.25) is 4.79 Å². The van der Waals surface area contributed by atoms with E-state index in [1.54, 1.807) is 6.92 Å². The fourth-order valence-electron chi connectivity index (χ4n) is 3.31. The molecule has 3 aliphatic rings. The molecule has 92 valence electrons. The molecule has 2 atom stereocenters. The van der Waals surface area contributed by atoms with Gasteiger partial charge in [0.2, 0.25) is 0 Å². The normalized spacial score (nSPS) is 41.7. The number of fused-ring (bicyclic) bond motifs is 3. The SMILES string of the molecule is CCC(C)(C(=O)O)C1(O)CN2CCC1CC2. The van der Waals surface area contributed by atoms with Crippen molar-refractivity contribution in [3.8, 4) is 0 Å². The molecule has 0 amide bonds. The molecule has 0 aromatic heterocycles. The van der Waals surface area contributed by atoms with E-state index in [4.69, 9.17) is 0 Å². The second kappa shape index (κ2) is 3.70. The first kappa shape index (κ1) is 11.9. The second-order valence-electron chi connectivity index (χ2n) is 5.47. The van der Waals surface area contributed by atoms with Crippen molar-refractivity contribution < 1.29 is 15.0 Å². The molecule has 0 aromatic carbocycles. The Morgan fingerprint density at radius 1 is 1.50 bits per heavy atom. The number of aliphatic hydroxyl groups is 1. The Morgan fingerprint density at radius 2 is 2.06 bits per heavy atom. The van der Waals surface area contributed by atoms with Crippen LogP contribution in [0.15, 0.2) is 0 Å². The average molecular weight is 227 g/mol. The van der Waals surface area contributed by atoms with Gasteiger partial charge in [0.05, 0.1) is 11.0 Å². The lowest BCUT2D eigenvalue weighted by molar-refractivity contribution is -0.202. The van der Waals surface area contributed by atoms with Crippen molar-refractivity contribution in [2.45, 2.75) is 38.7 Å². The number of nitrogens with zero attached hydrogens (tertiary/aromatic N) is 1. The van der Waals surface area contributed by atoms with Crippen LogP contribution in [-0.4, -0.2) is 46.3 Å². The maximum Gasteiger partial charge on any atom is 0.312 e. The minimum atomic E-state index is -1.05. The quantitative estimate of drug-likeness (QED) is 0.753. The topological polar surface area (TPSA) is 60.8 Å². The summed E-state index contributed by atoms with van der Waals surface area (Å²) in [7, 11) is 0. The predicted octanol–water partition coefficient (Wildman–Crippen LogP) is 0.944. The fraction of sp³-hybridized carbons (Fsp3) is 0.917. The minimum Gasteiger partial charge on any atom is -0.481 e. The van der Waals surface area contributed by atoms with Gasteiger partial charge in [-0.2, -0.15) is 0 Å². The van der Waals surface area contributed by atoms with Crippen LogP contribution in [-0.2, 0) is 4.79 Å². The highest BCUT2D eigenvalue weighted by Gasteiger charge is 2.59. The Bertz CT molecular complexity index is 299. The van der Waals surface area contributed by atoms with Crippen LogP contribution in [0.2, 0.25) is 0 Å². The Balaban J connectivity index is 2.33. The van der Waals surface area contributed by atoms with E-state index in [1.807, 2.05) is 6.92 Å². The van der Waals surface area contributed by atoms with Crippen LogP contribution in [0.3, 0.4) is 0 Å². The van der Waals surface area contributed by atoms with Crippen molar-refractivity contribution in [2.24, 2.45) is 11.3 Å². The van der Waals surface area contributed by atoms with Crippen molar-refractivity contribution in [3.63, 3.8) is 0 Å². The van der Waals surface area contributed by atoms with Gasteiger partial charge in [-0.05, 0) is 45.2 Å². The van der Waals surface area contributed by atoms with Crippen molar-refractivity contribution >= 4 is 5.97 Å². The van der Waals surface area contributed by atoms with Crippen LogP contribution >= 0.6 is 0 Å². The third-order valence-corrected chi connectivity index (χ3v) is 4.86. The highest BCUT2D eigenvalue weighted by atomic mass is 16.4. The Labute approximate surface area is 96.3 Å². The zero-order valence-corrected chi connectivity index (χ0v) is 10.1. The van der Waals surface area contributed by atoms with Gasteiger partial charge in [0.15, 0.2) is 0 Å². The molecule has 16 heavy (non-hydrogen) atoms. The molecule has 0 aliphatic carbocycles. The molecule has 4 nitrogen and oxygen atoms in total. The van der Waals surface area contributed by atoms with Crippen LogP contribution in [0.4, 0.5) is 0 Å². The predicted molar refractivity (Wildman–Crippen MR) is 60.1 cm³/mol. The first-order valence-corrected chi connectivity index (χ1v) is 6.12. The number of carbonyl (C=O) groups is 1. The van der Waals surface area contributed by atoms with Crippen LogP contribution < -0.4 is 0 Å². The lowest BCUT2D eigenvalue weighted by atomic mass is 9.60. The lowest BCUT2D eigenvalue weighted by Crippen LogP contribution is -2.67. The summed E-state index contributed by atoms with van der Waals surface area (Å²) in [5.41, 5.74) is -2.07. The van der Waals surface area contributed by atoms with Gasteiger partial charge in [0.25, 0.3) is 0 Å². The second-order valence-corrected chi connectivity index (χ2v) is 5.47. The monoisotopic (exact) mass is 227 g/mol. The third-order valence-electron chi connectivity index (χ3n) is 4.86. The highest BCUT2D eigenvalue weighted by molar-refractivity contribution is 5.76. The van der Waals surface area contributed by atoms with Gasteiger partial charge in [-0.1, -0.05) is 6.92 Å². The first-order valence-electron chi connectivity index (χ1n) is 6.12. The Morgan fingerprint density at radius 3 is 2.38 bits per heavy atom. The van der Waals surface area contributed by atoms with E-state index in [1.165, 1.54) is 0 Å². The van der Waals surface area contributed by atoms with Crippen LogP contribution in [0.5, 0.6) is 0 Å². The summed E-state index contributed by atoms with van der Waals surface area (Å²) in [5.74, 6) is -0.718. The standard InChI is InChI=1S/C12H21NO3/c1-3-11(2,10(14)15)12(16)8-13-6-4-9(12)5-7-13/h9,16H,3-8H2,1-2H3,(H,14,15). The molecule has 2 unspecified atom stereocenters. The van der Waals surface area contributed by atoms with E-state index < -0.39 is 17.0 Å². The van der Waals surface area contributed by atoms with Gasteiger partial charge in [-0.25, -0.2) is 0 Å². The summed E-state index contributed by atoms with van der Waals surface area (Å²) < 4.78 is 0. The smallest absolute Gasteiger partial charge is 0.312 e. The maximum absolute atomic E-state index is 11.5. The molecule has 0 radical (unpaired) electrons. The summed E-state index contributed by atoms with van der Waals surface area (Å²) in [6.45, 7) is 6.08. The molecule has 3 fully saturated rings.